The average Bonchev–Trinajstić information content (AvgIpc) is 2.81. The maximum atomic E-state index is 9.78. The van der Waals surface area contributed by atoms with Crippen LogP contribution in [0.5, 0.6) is 5.88 Å². The summed E-state index contributed by atoms with van der Waals surface area (Å²) in [6.45, 7) is 4.09. The Kier molecular flexibility index (Phi) is 3.03. The Labute approximate surface area is 118 Å². The molecule has 0 spiro atoms. The topological polar surface area (TPSA) is 38.1 Å². The first-order valence-corrected chi connectivity index (χ1v) is 6.57. The van der Waals surface area contributed by atoms with Gasteiger partial charge >= 0.3 is 0 Å². The zero-order valence-corrected chi connectivity index (χ0v) is 11.5. The number of hydrogen-bond donors (Lipinski definition) is 1. The van der Waals surface area contributed by atoms with E-state index < -0.39 is 0 Å². The fourth-order valence-corrected chi connectivity index (χ4v) is 2.36. The summed E-state index contributed by atoms with van der Waals surface area (Å²) in [7, 11) is 0. The minimum Gasteiger partial charge on any atom is -0.492 e. The molecule has 0 saturated carbocycles. The zero-order valence-electron chi connectivity index (χ0n) is 11.5. The summed E-state index contributed by atoms with van der Waals surface area (Å²) < 4.78 is 1.79. The van der Waals surface area contributed by atoms with Gasteiger partial charge in [-0.05, 0) is 31.5 Å². The van der Waals surface area contributed by atoms with Gasteiger partial charge in [-0.2, -0.15) is 0 Å². The molecule has 0 unspecified atom stereocenters. The van der Waals surface area contributed by atoms with Crippen molar-refractivity contribution in [3.8, 4) is 22.8 Å². The molecule has 2 aromatic carbocycles. The second-order valence-corrected chi connectivity index (χ2v) is 4.96. The van der Waals surface area contributed by atoms with Crippen molar-refractivity contribution in [2.75, 3.05) is 0 Å². The predicted molar refractivity (Wildman–Crippen MR) is 80.1 cm³/mol. The van der Waals surface area contributed by atoms with E-state index in [0.29, 0.717) is 0 Å². The van der Waals surface area contributed by atoms with Gasteiger partial charge in [0.1, 0.15) is 0 Å². The summed E-state index contributed by atoms with van der Waals surface area (Å²) in [6.07, 6.45) is 0. The van der Waals surface area contributed by atoms with Crippen LogP contribution in [0.1, 0.15) is 11.1 Å². The van der Waals surface area contributed by atoms with E-state index in [-0.39, 0.29) is 5.88 Å². The Morgan fingerprint density at radius 1 is 0.950 bits per heavy atom. The molecule has 1 aromatic heterocycles. The highest BCUT2D eigenvalue weighted by atomic mass is 16.3. The van der Waals surface area contributed by atoms with Gasteiger partial charge in [-0.1, -0.05) is 42.0 Å². The molecule has 100 valence electrons. The summed E-state index contributed by atoms with van der Waals surface area (Å²) in [5, 5.41) is 14.0. The van der Waals surface area contributed by atoms with Crippen LogP contribution in [-0.4, -0.2) is 14.9 Å². The maximum Gasteiger partial charge on any atom is 0.231 e. The summed E-state index contributed by atoms with van der Waals surface area (Å²) in [5.74, 6) is 0.0322. The standard InChI is InChI=1S/C17H16N2O/c1-12-6-5-8-14(10-12)16-11-17(20)18-19(16)15-9-4-3-7-13(15)2/h3-11H,1-2H3,(H,18,20). The molecule has 3 rings (SSSR count). The SMILES string of the molecule is Cc1cccc(-c2cc(O)nn2-c2ccccc2C)c1. The molecule has 0 amide bonds. The van der Waals surface area contributed by atoms with Gasteiger partial charge in [0.15, 0.2) is 0 Å². The molecule has 0 aliphatic carbocycles. The highest BCUT2D eigenvalue weighted by Crippen LogP contribution is 2.28. The Hall–Kier alpha value is -2.55. The van der Waals surface area contributed by atoms with E-state index in [0.717, 1.165) is 22.5 Å². The lowest BCUT2D eigenvalue weighted by molar-refractivity contribution is 0.448. The number of hydrogen-bond acceptors (Lipinski definition) is 2. The molecule has 0 fully saturated rings. The van der Waals surface area contributed by atoms with Crippen molar-refractivity contribution < 1.29 is 5.11 Å². The Morgan fingerprint density at radius 2 is 1.75 bits per heavy atom. The van der Waals surface area contributed by atoms with Crippen LogP contribution in [0.25, 0.3) is 16.9 Å². The maximum absolute atomic E-state index is 9.78. The smallest absolute Gasteiger partial charge is 0.231 e. The Balaban J connectivity index is 2.21. The van der Waals surface area contributed by atoms with Gasteiger partial charge in [0, 0.05) is 11.6 Å². The quantitative estimate of drug-likeness (QED) is 0.763. The second-order valence-electron chi connectivity index (χ2n) is 4.96. The average molecular weight is 264 g/mol. The largest absolute Gasteiger partial charge is 0.492 e. The van der Waals surface area contributed by atoms with Crippen LogP contribution in [0.3, 0.4) is 0 Å². The van der Waals surface area contributed by atoms with E-state index >= 15 is 0 Å². The van der Waals surface area contributed by atoms with Crippen LogP contribution in [0.2, 0.25) is 0 Å². The highest BCUT2D eigenvalue weighted by molar-refractivity contribution is 5.64. The lowest BCUT2D eigenvalue weighted by Crippen LogP contribution is -2.01. The van der Waals surface area contributed by atoms with Gasteiger partial charge in [0.2, 0.25) is 5.88 Å². The van der Waals surface area contributed by atoms with E-state index in [1.165, 1.54) is 5.56 Å². The molecule has 0 aliphatic rings. The zero-order chi connectivity index (χ0) is 14.1. The molecule has 0 aliphatic heterocycles. The van der Waals surface area contributed by atoms with E-state index in [1.807, 2.05) is 43.3 Å². The van der Waals surface area contributed by atoms with Crippen LogP contribution >= 0.6 is 0 Å². The molecule has 1 heterocycles. The normalized spacial score (nSPS) is 10.7. The summed E-state index contributed by atoms with van der Waals surface area (Å²) >= 11 is 0. The second kappa shape index (κ2) is 4.85. The number of benzene rings is 2. The van der Waals surface area contributed by atoms with E-state index in [1.54, 1.807) is 10.7 Å². The number of nitrogens with zero attached hydrogens (tertiary/aromatic N) is 2. The fraction of sp³-hybridized carbons (Fsp3) is 0.118. The third-order valence-electron chi connectivity index (χ3n) is 3.35. The van der Waals surface area contributed by atoms with Gasteiger partial charge in [-0.3, -0.25) is 0 Å². The van der Waals surface area contributed by atoms with Crippen LogP contribution in [0, 0.1) is 13.8 Å². The molecule has 0 radical (unpaired) electrons. The first-order valence-electron chi connectivity index (χ1n) is 6.57. The third kappa shape index (κ3) is 2.18. The molecule has 0 bridgehead atoms. The van der Waals surface area contributed by atoms with Gasteiger partial charge in [0.05, 0.1) is 11.4 Å². The molecule has 1 N–H and O–H groups in total. The number of aryl methyl sites for hydroxylation is 2. The van der Waals surface area contributed by atoms with Crippen molar-refractivity contribution in [2.24, 2.45) is 0 Å². The first-order chi connectivity index (χ1) is 9.65. The molecule has 3 nitrogen and oxygen atoms in total. The fourth-order valence-electron chi connectivity index (χ4n) is 2.36. The molecular weight excluding hydrogens is 248 g/mol. The third-order valence-corrected chi connectivity index (χ3v) is 3.35. The van der Waals surface area contributed by atoms with Crippen molar-refractivity contribution in [2.45, 2.75) is 13.8 Å². The van der Waals surface area contributed by atoms with E-state index in [4.69, 9.17) is 0 Å². The summed E-state index contributed by atoms with van der Waals surface area (Å²) in [6, 6.07) is 17.9. The van der Waals surface area contributed by atoms with Crippen molar-refractivity contribution in [1.29, 1.82) is 0 Å². The van der Waals surface area contributed by atoms with Crippen LogP contribution in [-0.2, 0) is 0 Å². The van der Waals surface area contributed by atoms with E-state index in [2.05, 4.69) is 24.2 Å². The number of para-hydroxylation sites is 1. The van der Waals surface area contributed by atoms with Crippen LogP contribution in [0.4, 0.5) is 0 Å². The van der Waals surface area contributed by atoms with Gasteiger partial charge in [0.25, 0.3) is 0 Å². The van der Waals surface area contributed by atoms with Gasteiger partial charge in [-0.25, -0.2) is 4.68 Å². The Morgan fingerprint density at radius 3 is 2.50 bits per heavy atom. The number of aromatic hydroxyl groups is 1. The number of aromatic nitrogens is 2. The van der Waals surface area contributed by atoms with E-state index in [9.17, 15) is 5.11 Å². The molecule has 3 aromatic rings. The minimum atomic E-state index is 0.0322. The first kappa shape index (κ1) is 12.5. The monoisotopic (exact) mass is 264 g/mol. The van der Waals surface area contributed by atoms with Crippen molar-refractivity contribution >= 4 is 0 Å². The van der Waals surface area contributed by atoms with Gasteiger partial charge < -0.3 is 5.11 Å². The summed E-state index contributed by atoms with van der Waals surface area (Å²) in [5.41, 5.74) is 5.20. The van der Waals surface area contributed by atoms with Crippen molar-refractivity contribution in [3.05, 3.63) is 65.7 Å². The van der Waals surface area contributed by atoms with Crippen LogP contribution < -0.4 is 0 Å². The Bertz CT molecular complexity index is 759. The minimum absolute atomic E-state index is 0.0322. The predicted octanol–water partition coefficient (Wildman–Crippen LogP) is 3.86. The van der Waals surface area contributed by atoms with Crippen molar-refractivity contribution in [1.82, 2.24) is 9.78 Å². The molecule has 3 heteroatoms. The lowest BCUT2D eigenvalue weighted by Gasteiger charge is -2.10. The molecule has 0 saturated heterocycles. The highest BCUT2D eigenvalue weighted by Gasteiger charge is 2.12. The van der Waals surface area contributed by atoms with Crippen LogP contribution in [0.15, 0.2) is 54.6 Å². The lowest BCUT2D eigenvalue weighted by atomic mass is 10.1. The van der Waals surface area contributed by atoms with Gasteiger partial charge in [-0.15, -0.1) is 5.10 Å². The summed E-state index contributed by atoms with van der Waals surface area (Å²) in [4.78, 5) is 0. The molecule has 20 heavy (non-hydrogen) atoms. The number of rotatable bonds is 2. The molecule has 0 atom stereocenters. The van der Waals surface area contributed by atoms with Crippen molar-refractivity contribution in [3.63, 3.8) is 0 Å². The molecular formula is C17H16N2O.